The molecule has 2 aromatic carbocycles. The van der Waals surface area contributed by atoms with Crippen LogP contribution in [0.3, 0.4) is 0 Å². The predicted octanol–water partition coefficient (Wildman–Crippen LogP) is 2.41. The first-order valence-corrected chi connectivity index (χ1v) is 10.1. The van der Waals surface area contributed by atoms with E-state index in [1.165, 1.54) is 4.31 Å². The Morgan fingerprint density at radius 1 is 1.19 bits per heavy atom. The van der Waals surface area contributed by atoms with Crippen molar-refractivity contribution in [2.45, 2.75) is 19.8 Å². The molecule has 0 aliphatic carbocycles. The number of carboxylic acids is 1. The average molecular weight is 388 g/mol. The summed E-state index contributed by atoms with van der Waals surface area (Å²) in [5, 5.41) is 11.6. The van der Waals surface area contributed by atoms with Crippen LogP contribution in [0.4, 0.5) is 11.4 Å². The summed E-state index contributed by atoms with van der Waals surface area (Å²) in [5.41, 5.74) is 2.74. The number of aliphatic carboxylic acids is 1. The molecule has 7 nitrogen and oxygen atoms in total. The fraction of sp³-hybridized carbons (Fsp3) is 0.263. The van der Waals surface area contributed by atoms with Gasteiger partial charge in [-0.05, 0) is 54.8 Å². The topological polar surface area (TPSA) is 104 Å². The fourth-order valence-electron chi connectivity index (χ4n) is 3.12. The fourth-order valence-corrected chi connectivity index (χ4v) is 4.68. The Bertz CT molecular complexity index is 1000. The molecule has 0 spiro atoms. The number of rotatable bonds is 5. The molecule has 1 aliphatic heterocycles. The molecule has 1 amide bonds. The minimum absolute atomic E-state index is 0.123. The Morgan fingerprint density at radius 2 is 1.96 bits per heavy atom. The van der Waals surface area contributed by atoms with Gasteiger partial charge in [-0.15, -0.1) is 0 Å². The molecule has 0 saturated carbocycles. The minimum atomic E-state index is -3.27. The van der Waals surface area contributed by atoms with Gasteiger partial charge in [0.15, 0.2) is 0 Å². The van der Waals surface area contributed by atoms with E-state index in [4.69, 9.17) is 5.11 Å². The molecule has 3 rings (SSSR count). The Labute approximate surface area is 157 Å². The highest BCUT2D eigenvalue weighted by Crippen LogP contribution is 2.26. The second kappa shape index (κ2) is 7.40. The van der Waals surface area contributed by atoms with Gasteiger partial charge in [0, 0.05) is 17.8 Å². The second-order valence-corrected chi connectivity index (χ2v) is 8.48. The maximum absolute atomic E-state index is 12.6. The van der Waals surface area contributed by atoms with Crippen LogP contribution in [0.15, 0.2) is 42.5 Å². The SMILES string of the molecule is Cc1cc(N2CCCS2(=O)=O)ccc1C(=O)Nc1cccc(CC(=O)O)c1. The second-order valence-electron chi connectivity index (χ2n) is 6.47. The predicted molar refractivity (Wildman–Crippen MR) is 103 cm³/mol. The number of hydrogen-bond acceptors (Lipinski definition) is 4. The maximum Gasteiger partial charge on any atom is 0.307 e. The van der Waals surface area contributed by atoms with Gasteiger partial charge in [0.25, 0.3) is 5.91 Å². The highest BCUT2D eigenvalue weighted by Gasteiger charge is 2.28. The van der Waals surface area contributed by atoms with Gasteiger partial charge in [-0.25, -0.2) is 8.42 Å². The van der Waals surface area contributed by atoms with Gasteiger partial charge in [-0.2, -0.15) is 0 Å². The van der Waals surface area contributed by atoms with E-state index >= 15 is 0 Å². The number of sulfonamides is 1. The minimum Gasteiger partial charge on any atom is -0.481 e. The lowest BCUT2D eigenvalue weighted by Gasteiger charge is -2.18. The van der Waals surface area contributed by atoms with Crippen molar-refractivity contribution in [2.24, 2.45) is 0 Å². The van der Waals surface area contributed by atoms with E-state index in [1.54, 1.807) is 49.4 Å². The third-order valence-electron chi connectivity index (χ3n) is 4.38. The van der Waals surface area contributed by atoms with Crippen molar-refractivity contribution in [2.75, 3.05) is 21.9 Å². The lowest BCUT2D eigenvalue weighted by Crippen LogP contribution is -2.25. The van der Waals surface area contributed by atoms with E-state index < -0.39 is 16.0 Å². The maximum atomic E-state index is 12.6. The quantitative estimate of drug-likeness (QED) is 0.819. The van der Waals surface area contributed by atoms with Crippen molar-refractivity contribution < 1.29 is 23.1 Å². The van der Waals surface area contributed by atoms with Crippen LogP contribution >= 0.6 is 0 Å². The molecule has 8 heteroatoms. The molecule has 142 valence electrons. The number of aryl methyl sites for hydroxylation is 1. The van der Waals surface area contributed by atoms with Crippen LogP contribution in [-0.4, -0.2) is 37.7 Å². The summed E-state index contributed by atoms with van der Waals surface area (Å²) in [5.74, 6) is -1.14. The van der Waals surface area contributed by atoms with Crippen LogP contribution in [0.5, 0.6) is 0 Å². The van der Waals surface area contributed by atoms with Crippen LogP contribution in [-0.2, 0) is 21.2 Å². The van der Waals surface area contributed by atoms with Crippen molar-refractivity contribution in [3.05, 3.63) is 59.2 Å². The Balaban J connectivity index is 1.79. The van der Waals surface area contributed by atoms with Crippen LogP contribution < -0.4 is 9.62 Å². The molecule has 1 aliphatic rings. The van der Waals surface area contributed by atoms with Gasteiger partial charge in [-0.3, -0.25) is 13.9 Å². The van der Waals surface area contributed by atoms with Crippen LogP contribution in [0.25, 0.3) is 0 Å². The Morgan fingerprint density at radius 3 is 2.59 bits per heavy atom. The Kier molecular flexibility index (Phi) is 5.18. The zero-order valence-corrected chi connectivity index (χ0v) is 15.6. The summed E-state index contributed by atoms with van der Waals surface area (Å²) < 4.78 is 25.5. The molecule has 0 radical (unpaired) electrons. The summed E-state index contributed by atoms with van der Waals surface area (Å²) in [4.78, 5) is 23.4. The number of amides is 1. The number of nitrogens with zero attached hydrogens (tertiary/aromatic N) is 1. The van der Waals surface area contributed by atoms with Crippen molar-refractivity contribution in [1.82, 2.24) is 0 Å². The monoisotopic (exact) mass is 388 g/mol. The molecule has 1 heterocycles. The number of benzene rings is 2. The highest BCUT2D eigenvalue weighted by atomic mass is 32.2. The largest absolute Gasteiger partial charge is 0.481 e. The first-order chi connectivity index (χ1) is 12.8. The van der Waals surface area contributed by atoms with Gasteiger partial charge in [0.05, 0.1) is 17.9 Å². The molecule has 1 fully saturated rings. The highest BCUT2D eigenvalue weighted by molar-refractivity contribution is 7.93. The smallest absolute Gasteiger partial charge is 0.307 e. The van der Waals surface area contributed by atoms with E-state index in [9.17, 15) is 18.0 Å². The van der Waals surface area contributed by atoms with Crippen LogP contribution in [0, 0.1) is 6.92 Å². The molecule has 0 unspecified atom stereocenters. The molecular formula is C19H20N2O5S. The summed E-state index contributed by atoms with van der Waals surface area (Å²) in [7, 11) is -3.27. The lowest BCUT2D eigenvalue weighted by atomic mass is 10.1. The average Bonchev–Trinajstić information content (AvgIpc) is 2.93. The molecular weight excluding hydrogens is 368 g/mol. The van der Waals surface area contributed by atoms with Crippen LogP contribution in [0.2, 0.25) is 0 Å². The number of hydrogen-bond donors (Lipinski definition) is 2. The van der Waals surface area contributed by atoms with Gasteiger partial charge >= 0.3 is 5.97 Å². The third-order valence-corrected chi connectivity index (χ3v) is 6.25. The normalized spacial score (nSPS) is 15.5. The van der Waals surface area contributed by atoms with Gasteiger partial charge in [0.1, 0.15) is 0 Å². The van der Waals surface area contributed by atoms with E-state index in [1.807, 2.05) is 0 Å². The Hall–Kier alpha value is -2.87. The first kappa shape index (κ1) is 18.9. The molecule has 0 bridgehead atoms. The van der Waals surface area contributed by atoms with E-state index in [-0.39, 0.29) is 18.1 Å². The molecule has 27 heavy (non-hydrogen) atoms. The molecule has 0 aromatic heterocycles. The van der Waals surface area contributed by atoms with Crippen molar-refractivity contribution in [1.29, 1.82) is 0 Å². The van der Waals surface area contributed by atoms with Crippen LogP contribution in [0.1, 0.15) is 27.9 Å². The molecule has 2 aromatic rings. The molecule has 0 atom stereocenters. The number of carboxylic acid groups (broad SMARTS) is 1. The summed E-state index contributed by atoms with van der Waals surface area (Å²) in [6.45, 7) is 2.20. The molecule has 2 N–H and O–H groups in total. The van der Waals surface area contributed by atoms with Gasteiger partial charge in [-0.1, -0.05) is 12.1 Å². The summed E-state index contributed by atoms with van der Waals surface area (Å²) in [6, 6.07) is 11.6. The summed E-state index contributed by atoms with van der Waals surface area (Å²) >= 11 is 0. The number of nitrogens with one attached hydrogen (secondary N) is 1. The van der Waals surface area contributed by atoms with Crippen molar-refractivity contribution in [3.63, 3.8) is 0 Å². The standard InChI is InChI=1S/C19H20N2O5S/c1-13-10-16(21-8-3-9-27(21,25)26)6-7-17(13)19(24)20-15-5-2-4-14(11-15)12-18(22)23/h2,4-7,10-11H,3,8-9,12H2,1H3,(H,20,24)(H,22,23). The van der Waals surface area contributed by atoms with E-state index in [2.05, 4.69) is 5.32 Å². The third kappa shape index (κ3) is 4.28. The van der Waals surface area contributed by atoms with Gasteiger partial charge < -0.3 is 10.4 Å². The van der Waals surface area contributed by atoms with Crippen molar-refractivity contribution >= 4 is 33.3 Å². The zero-order valence-electron chi connectivity index (χ0n) is 14.8. The lowest BCUT2D eigenvalue weighted by molar-refractivity contribution is -0.136. The van der Waals surface area contributed by atoms with E-state index in [0.29, 0.717) is 41.0 Å². The number of carbonyl (C=O) groups is 2. The first-order valence-electron chi connectivity index (χ1n) is 8.49. The number of carbonyl (C=O) groups excluding carboxylic acids is 1. The zero-order chi connectivity index (χ0) is 19.6. The summed E-state index contributed by atoms with van der Waals surface area (Å²) in [6.07, 6.45) is 0.470. The molecule has 1 saturated heterocycles. The number of anilines is 2. The van der Waals surface area contributed by atoms with E-state index in [0.717, 1.165) is 0 Å². The van der Waals surface area contributed by atoms with Crippen molar-refractivity contribution in [3.8, 4) is 0 Å². The van der Waals surface area contributed by atoms with Gasteiger partial charge in [0.2, 0.25) is 10.0 Å².